The molecule has 0 fully saturated rings. The highest BCUT2D eigenvalue weighted by Crippen LogP contribution is 2.16. The minimum Gasteiger partial charge on any atom is -0.330 e. The summed E-state index contributed by atoms with van der Waals surface area (Å²) in [5, 5.41) is 0. The van der Waals surface area contributed by atoms with Gasteiger partial charge in [-0.05, 0) is 30.7 Å². The Balaban J connectivity index is 2.72. The lowest BCUT2D eigenvalue weighted by molar-refractivity contribution is -0.157. The fraction of sp³-hybridized carbons (Fsp3) is 0.308. The molecule has 1 aromatic rings. The number of carbonyl (C=O) groups is 1. The molecular weight excluding hydrogens is 262 g/mol. The largest absolute Gasteiger partial charge is 0.406 e. The van der Waals surface area contributed by atoms with Gasteiger partial charge in [-0.1, -0.05) is 12.1 Å². The first kappa shape index (κ1) is 15.2. The summed E-state index contributed by atoms with van der Waals surface area (Å²) in [6.45, 7) is 0.112. The van der Waals surface area contributed by atoms with Crippen LogP contribution in [-0.2, 0) is 4.79 Å². The molecule has 2 nitrogen and oxygen atoms in total. The molecule has 6 heteroatoms. The third-order valence-electron chi connectivity index (χ3n) is 2.33. The maximum atomic E-state index is 12.9. The van der Waals surface area contributed by atoms with Crippen LogP contribution in [0.15, 0.2) is 30.3 Å². The van der Waals surface area contributed by atoms with Crippen LogP contribution in [0.1, 0.15) is 12.5 Å². The molecule has 0 aliphatic rings. The molecule has 0 saturated heterocycles. The van der Waals surface area contributed by atoms with Gasteiger partial charge in [0.05, 0.1) is 0 Å². The Bertz CT molecular complexity index is 468. The van der Waals surface area contributed by atoms with Crippen molar-refractivity contribution in [3.63, 3.8) is 0 Å². The number of rotatable bonds is 4. The number of benzene rings is 1. The molecule has 1 rings (SSSR count). The van der Waals surface area contributed by atoms with E-state index in [4.69, 9.17) is 0 Å². The van der Waals surface area contributed by atoms with Gasteiger partial charge in [0.15, 0.2) is 0 Å². The molecule has 0 atom stereocenters. The van der Waals surface area contributed by atoms with E-state index in [2.05, 4.69) is 0 Å². The highest BCUT2D eigenvalue weighted by molar-refractivity contribution is 5.91. The van der Waals surface area contributed by atoms with E-state index in [1.807, 2.05) is 0 Å². The van der Waals surface area contributed by atoms with Crippen molar-refractivity contribution in [2.24, 2.45) is 0 Å². The second-order valence-electron chi connectivity index (χ2n) is 3.86. The van der Waals surface area contributed by atoms with Crippen LogP contribution < -0.4 is 0 Å². The average molecular weight is 275 g/mol. The first-order valence-corrected chi connectivity index (χ1v) is 5.61. The molecular formula is C13H13F4NO. The van der Waals surface area contributed by atoms with E-state index in [-0.39, 0.29) is 6.54 Å². The minimum atomic E-state index is -4.43. The van der Waals surface area contributed by atoms with Crippen LogP contribution in [0.2, 0.25) is 0 Å². The molecule has 0 saturated carbocycles. The Kier molecular flexibility index (Phi) is 5.09. The molecule has 1 amide bonds. The summed E-state index contributed by atoms with van der Waals surface area (Å²) in [6.07, 6.45) is -2.15. The normalized spacial score (nSPS) is 11.8. The summed E-state index contributed by atoms with van der Waals surface area (Å²) in [5.74, 6) is -1.23. The molecule has 0 unspecified atom stereocenters. The summed E-state index contributed by atoms with van der Waals surface area (Å²) >= 11 is 0. The second kappa shape index (κ2) is 6.36. The van der Waals surface area contributed by atoms with Gasteiger partial charge in [-0.15, -0.1) is 0 Å². The van der Waals surface area contributed by atoms with Crippen LogP contribution in [-0.4, -0.2) is 30.1 Å². The predicted octanol–water partition coefficient (Wildman–Crippen LogP) is 3.25. The van der Waals surface area contributed by atoms with Gasteiger partial charge in [-0.3, -0.25) is 4.79 Å². The molecule has 19 heavy (non-hydrogen) atoms. The lowest BCUT2D eigenvalue weighted by atomic mass is 10.2. The van der Waals surface area contributed by atoms with Crippen molar-refractivity contribution in [1.82, 2.24) is 4.90 Å². The van der Waals surface area contributed by atoms with E-state index < -0.39 is 24.4 Å². The van der Waals surface area contributed by atoms with Crippen molar-refractivity contribution in [2.45, 2.75) is 13.1 Å². The van der Waals surface area contributed by atoms with Gasteiger partial charge in [-0.25, -0.2) is 4.39 Å². The summed E-state index contributed by atoms with van der Waals surface area (Å²) in [4.78, 5) is 12.2. The number of likely N-dealkylation sites (N-methyl/N-ethyl adjacent to an activating group) is 1. The number of amides is 1. The van der Waals surface area contributed by atoms with Gasteiger partial charge >= 0.3 is 6.18 Å². The van der Waals surface area contributed by atoms with E-state index in [0.717, 1.165) is 6.08 Å². The Labute approximate surface area is 108 Å². The van der Waals surface area contributed by atoms with Crippen molar-refractivity contribution in [2.75, 3.05) is 13.1 Å². The molecule has 0 radical (unpaired) electrons. The van der Waals surface area contributed by atoms with Crippen molar-refractivity contribution in [3.05, 3.63) is 41.7 Å². The smallest absolute Gasteiger partial charge is 0.330 e. The quantitative estimate of drug-likeness (QED) is 0.610. The molecule has 0 spiro atoms. The summed E-state index contributed by atoms with van der Waals surface area (Å²) in [7, 11) is 0. The maximum absolute atomic E-state index is 12.9. The predicted molar refractivity (Wildman–Crippen MR) is 63.7 cm³/mol. The number of hydrogen-bond acceptors (Lipinski definition) is 1. The van der Waals surface area contributed by atoms with Gasteiger partial charge in [0.2, 0.25) is 5.91 Å². The standard InChI is InChI=1S/C13H13F4NO/c1-2-18(9-13(15,16)17)12(19)7-6-10-4-3-5-11(14)8-10/h3-8H,2,9H2,1H3/b7-6+. The van der Waals surface area contributed by atoms with Crippen LogP contribution in [0.25, 0.3) is 6.08 Å². The molecule has 0 heterocycles. The van der Waals surface area contributed by atoms with Gasteiger partial charge < -0.3 is 4.90 Å². The van der Waals surface area contributed by atoms with Crippen LogP contribution in [0.5, 0.6) is 0 Å². The van der Waals surface area contributed by atoms with Gasteiger partial charge in [0, 0.05) is 12.6 Å². The van der Waals surface area contributed by atoms with Crippen LogP contribution in [0.4, 0.5) is 17.6 Å². The molecule has 0 aliphatic carbocycles. The average Bonchev–Trinajstić information content (AvgIpc) is 2.32. The monoisotopic (exact) mass is 275 g/mol. The molecule has 0 bridgehead atoms. The second-order valence-corrected chi connectivity index (χ2v) is 3.86. The van der Waals surface area contributed by atoms with Crippen LogP contribution in [0.3, 0.4) is 0 Å². The van der Waals surface area contributed by atoms with Crippen molar-refractivity contribution < 1.29 is 22.4 Å². The lowest BCUT2D eigenvalue weighted by Gasteiger charge is -2.20. The molecule has 104 valence electrons. The zero-order valence-electron chi connectivity index (χ0n) is 10.2. The van der Waals surface area contributed by atoms with Crippen molar-refractivity contribution >= 4 is 12.0 Å². The first-order valence-electron chi connectivity index (χ1n) is 5.61. The van der Waals surface area contributed by atoms with Crippen LogP contribution in [0, 0.1) is 5.82 Å². The van der Waals surface area contributed by atoms with Gasteiger partial charge in [0.25, 0.3) is 0 Å². The fourth-order valence-electron chi connectivity index (χ4n) is 1.45. The number of halogens is 4. The summed E-state index contributed by atoms with van der Waals surface area (Å²) < 4.78 is 49.5. The van der Waals surface area contributed by atoms with E-state index in [0.29, 0.717) is 10.5 Å². The number of hydrogen-bond donors (Lipinski definition) is 0. The Morgan fingerprint density at radius 3 is 2.58 bits per heavy atom. The number of alkyl halides is 3. The SMILES string of the molecule is CCN(CC(F)(F)F)C(=O)/C=C/c1cccc(F)c1. The highest BCUT2D eigenvalue weighted by atomic mass is 19.4. The number of nitrogens with zero attached hydrogens (tertiary/aromatic N) is 1. The minimum absolute atomic E-state index is 0.0498. The van der Waals surface area contributed by atoms with E-state index in [1.54, 1.807) is 6.07 Å². The zero-order chi connectivity index (χ0) is 14.5. The van der Waals surface area contributed by atoms with E-state index in [9.17, 15) is 22.4 Å². The third-order valence-corrected chi connectivity index (χ3v) is 2.33. The molecule has 0 aromatic heterocycles. The van der Waals surface area contributed by atoms with E-state index in [1.165, 1.54) is 31.2 Å². The summed E-state index contributed by atoms with van der Waals surface area (Å²) in [6, 6.07) is 5.42. The Hall–Kier alpha value is -1.85. The molecule has 1 aromatic carbocycles. The van der Waals surface area contributed by atoms with E-state index >= 15 is 0 Å². The van der Waals surface area contributed by atoms with Gasteiger partial charge in [-0.2, -0.15) is 13.2 Å². The Morgan fingerprint density at radius 1 is 1.37 bits per heavy atom. The number of carbonyl (C=O) groups excluding carboxylic acids is 1. The zero-order valence-corrected chi connectivity index (χ0v) is 10.2. The molecule has 0 aliphatic heterocycles. The Morgan fingerprint density at radius 2 is 2.05 bits per heavy atom. The third kappa shape index (κ3) is 5.54. The fourth-order valence-corrected chi connectivity index (χ4v) is 1.45. The first-order chi connectivity index (χ1) is 8.81. The maximum Gasteiger partial charge on any atom is 0.406 e. The molecule has 0 N–H and O–H groups in total. The topological polar surface area (TPSA) is 20.3 Å². The lowest BCUT2D eigenvalue weighted by Crippen LogP contribution is -2.37. The van der Waals surface area contributed by atoms with Crippen molar-refractivity contribution in [3.8, 4) is 0 Å². The highest BCUT2D eigenvalue weighted by Gasteiger charge is 2.31. The summed E-state index contributed by atoms with van der Waals surface area (Å²) in [5.41, 5.74) is 0.413. The van der Waals surface area contributed by atoms with Gasteiger partial charge in [0.1, 0.15) is 12.4 Å². The van der Waals surface area contributed by atoms with Crippen LogP contribution >= 0.6 is 0 Å². The van der Waals surface area contributed by atoms with Crippen molar-refractivity contribution in [1.29, 1.82) is 0 Å².